The number of rotatable bonds is 10. The van der Waals surface area contributed by atoms with E-state index in [0.29, 0.717) is 33.7 Å². The maximum absolute atomic E-state index is 12.2. The molecule has 2 amide bonds. The Balaban J connectivity index is 1.38. The molecule has 12 heteroatoms. The van der Waals surface area contributed by atoms with Gasteiger partial charge in [0.25, 0.3) is 0 Å². The number of nitrogens with one attached hydrogen (secondary N) is 2. The molecule has 2 aromatic carbocycles. The fraction of sp³-hybridized carbons (Fsp3) is 0.190. The highest BCUT2D eigenvalue weighted by atomic mass is 35.5. The van der Waals surface area contributed by atoms with Crippen molar-refractivity contribution in [2.24, 2.45) is 5.14 Å². The van der Waals surface area contributed by atoms with Crippen molar-refractivity contribution in [1.29, 1.82) is 0 Å². The Morgan fingerprint density at radius 1 is 1.06 bits per heavy atom. The van der Waals surface area contributed by atoms with Crippen LogP contribution in [0.4, 0.5) is 5.69 Å². The number of aromatic nitrogens is 1. The molecule has 4 N–H and O–H groups in total. The van der Waals surface area contributed by atoms with Crippen LogP contribution in [0.15, 0.2) is 63.1 Å². The number of thiazole rings is 1. The standard InChI is InChI=1S/C21H21ClN4O4S3/c22-15-3-5-16(6-4-15)25-20(28)13-32-21-26-17(12-31-21)11-19(27)24-10-9-14-1-7-18(8-2-14)33(23,29)30/h1-8,12H,9-11,13H2,(H,24,27)(H,25,28)(H2,23,29,30). The molecule has 0 saturated carbocycles. The number of sulfonamides is 1. The van der Waals surface area contributed by atoms with Gasteiger partial charge in [0.2, 0.25) is 21.8 Å². The van der Waals surface area contributed by atoms with Crippen molar-refractivity contribution in [3.05, 3.63) is 70.2 Å². The van der Waals surface area contributed by atoms with Crippen molar-refractivity contribution in [1.82, 2.24) is 10.3 Å². The zero-order valence-corrected chi connectivity index (χ0v) is 20.5. The third-order valence-corrected chi connectivity index (χ3v) is 7.57. The van der Waals surface area contributed by atoms with Crippen LogP contribution >= 0.6 is 34.7 Å². The minimum atomic E-state index is -3.72. The Hall–Kier alpha value is -2.44. The molecule has 0 bridgehead atoms. The van der Waals surface area contributed by atoms with E-state index in [1.807, 2.05) is 0 Å². The van der Waals surface area contributed by atoms with E-state index in [0.717, 1.165) is 5.56 Å². The first kappa shape index (κ1) is 25.2. The van der Waals surface area contributed by atoms with Gasteiger partial charge in [-0.1, -0.05) is 35.5 Å². The van der Waals surface area contributed by atoms with Gasteiger partial charge in [0.15, 0.2) is 4.34 Å². The van der Waals surface area contributed by atoms with Crippen LogP contribution in [-0.4, -0.2) is 37.5 Å². The number of halogens is 1. The van der Waals surface area contributed by atoms with Crippen molar-refractivity contribution >= 4 is 62.2 Å². The van der Waals surface area contributed by atoms with Crippen LogP contribution in [-0.2, 0) is 32.5 Å². The summed E-state index contributed by atoms with van der Waals surface area (Å²) in [5, 5.41) is 13.1. The molecule has 3 aromatic rings. The Kier molecular flexibility index (Phi) is 8.87. The largest absolute Gasteiger partial charge is 0.355 e. The number of carbonyl (C=O) groups is 2. The predicted octanol–water partition coefficient (Wildman–Crippen LogP) is 3.08. The maximum Gasteiger partial charge on any atom is 0.238 e. The summed E-state index contributed by atoms with van der Waals surface area (Å²) >= 11 is 8.51. The molecule has 0 aliphatic heterocycles. The van der Waals surface area contributed by atoms with E-state index < -0.39 is 10.0 Å². The molecule has 3 rings (SSSR count). The molecule has 0 fully saturated rings. The molecule has 1 heterocycles. The minimum absolute atomic E-state index is 0.0509. The van der Waals surface area contributed by atoms with Gasteiger partial charge in [-0.3, -0.25) is 9.59 Å². The monoisotopic (exact) mass is 524 g/mol. The van der Waals surface area contributed by atoms with Crippen molar-refractivity contribution in [3.8, 4) is 0 Å². The number of hydrogen-bond donors (Lipinski definition) is 3. The highest BCUT2D eigenvalue weighted by Crippen LogP contribution is 2.23. The number of primary sulfonamides is 1. The molecular formula is C21H21ClN4O4S3. The lowest BCUT2D eigenvalue weighted by Gasteiger charge is -2.05. The van der Waals surface area contributed by atoms with Gasteiger partial charge < -0.3 is 10.6 Å². The Morgan fingerprint density at radius 2 is 1.76 bits per heavy atom. The van der Waals surface area contributed by atoms with Crippen molar-refractivity contribution in [3.63, 3.8) is 0 Å². The van der Waals surface area contributed by atoms with E-state index in [4.69, 9.17) is 16.7 Å². The van der Waals surface area contributed by atoms with Crippen molar-refractivity contribution in [2.45, 2.75) is 22.1 Å². The predicted molar refractivity (Wildman–Crippen MR) is 131 cm³/mol. The molecule has 174 valence electrons. The number of anilines is 1. The lowest BCUT2D eigenvalue weighted by Crippen LogP contribution is -2.27. The zero-order chi connectivity index (χ0) is 23.8. The molecule has 0 spiro atoms. The van der Waals surface area contributed by atoms with Crippen LogP contribution in [0.1, 0.15) is 11.3 Å². The van der Waals surface area contributed by atoms with Gasteiger partial charge in [0.05, 0.1) is 22.8 Å². The summed E-state index contributed by atoms with van der Waals surface area (Å²) < 4.78 is 23.3. The zero-order valence-electron chi connectivity index (χ0n) is 17.3. The molecule has 0 radical (unpaired) electrons. The lowest BCUT2D eigenvalue weighted by atomic mass is 10.1. The van der Waals surface area contributed by atoms with Crippen LogP contribution in [0.25, 0.3) is 0 Å². The smallest absolute Gasteiger partial charge is 0.238 e. The van der Waals surface area contributed by atoms with Gasteiger partial charge in [-0.05, 0) is 48.4 Å². The van der Waals surface area contributed by atoms with Crippen LogP contribution in [0.2, 0.25) is 5.02 Å². The SMILES string of the molecule is NS(=O)(=O)c1ccc(CCNC(=O)Cc2csc(SCC(=O)Nc3ccc(Cl)cc3)n2)cc1. The third-order valence-electron chi connectivity index (χ3n) is 4.31. The summed E-state index contributed by atoms with van der Waals surface area (Å²) in [4.78, 5) is 28.7. The summed E-state index contributed by atoms with van der Waals surface area (Å²) in [5.41, 5.74) is 2.18. The topological polar surface area (TPSA) is 131 Å². The van der Waals surface area contributed by atoms with E-state index >= 15 is 0 Å². The summed E-state index contributed by atoms with van der Waals surface area (Å²) in [6, 6.07) is 13.1. The summed E-state index contributed by atoms with van der Waals surface area (Å²) in [6.07, 6.45) is 0.690. The van der Waals surface area contributed by atoms with E-state index in [1.165, 1.54) is 35.2 Å². The summed E-state index contributed by atoms with van der Waals surface area (Å²) in [6.45, 7) is 0.407. The first-order valence-corrected chi connectivity index (χ1v) is 13.5. The Labute approximate surface area is 205 Å². The molecule has 33 heavy (non-hydrogen) atoms. The van der Waals surface area contributed by atoms with Gasteiger partial charge in [-0.25, -0.2) is 18.5 Å². The number of amides is 2. The van der Waals surface area contributed by atoms with E-state index in [9.17, 15) is 18.0 Å². The number of nitrogens with two attached hydrogens (primary N) is 1. The van der Waals surface area contributed by atoms with E-state index in [-0.39, 0.29) is 28.9 Å². The quantitative estimate of drug-likeness (QED) is 0.349. The van der Waals surface area contributed by atoms with Crippen LogP contribution in [0, 0.1) is 0 Å². The fourth-order valence-corrected chi connectivity index (χ4v) is 5.00. The highest BCUT2D eigenvalue weighted by molar-refractivity contribution is 8.01. The van der Waals surface area contributed by atoms with Gasteiger partial charge >= 0.3 is 0 Å². The van der Waals surface area contributed by atoms with Gasteiger partial charge in [0, 0.05) is 22.6 Å². The second kappa shape index (κ2) is 11.6. The highest BCUT2D eigenvalue weighted by Gasteiger charge is 2.11. The second-order valence-corrected chi connectivity index (χ2v) is 11.0. The molecule has 0 aliphatic carbocycles. The van der Waals surface area contributed by atoms with Crippen molar-refractivity contribution < 1.29 is 18.0 Å². The van der Waals surface area contributed by atoms with Gasteiger partial charge in [-0.2, -0.15) is 0 Å². The molecule has 1 aromatic heterocycles. The number of benzene rings is 2. The number of thioether (sulfide) groups is 1. The normalized spacial score (nSPS) is 11.2. The molecule has 0 aliphatic rings. The average molecular weight is 525 g/mol. The lowest BCUT2D eigenvalue weighted by molar-refractivity contribution is -0.120. The third kappa shape index (κ3) is 8.45. The Morgan fingerprint density at radius 3 is 2.42 bits per heavy atom. The van der Waals surface area contributed by atoms with E-state index in [1.54, 1.807) is 41.8 Å². The molecule has 0 saturated heterocycles. The van der Waals surface area contributed by atoms with Gasteiger partial charge in [0.1, 0.15) is 0 Å². The van der Waals surface area contributed by atoms with E-state index in [2.05, 4.69) is 15.6 Å². The number of carbonyl (C=O) groups excluding carboxylic acids is 2. The molecular weight excluding hydrogens is 504 g/mol. The van der Waals surface area contributed by atoms with Crippen LogP contribution < -0.4 is 15.8 Å². The summed E-state index contributed by atoms with van der Waals surface area (Å²) in [7, 11) is -3.72. The van der Waals surface area contributed by atoms with Crippen LogP contribution in [0.5, 0.6) is 0 Å². The number of hydrogen-bond acceptors (Lipinski definition) is 7. The average Bonchev–Trinajstić information content (AvgIpc) is 3.21. The minimum Gasteiger partial charge on any atom is -0.355 e. The first-order chi connectivity index (χ1) is 15.7. The van der Waals surface area contributed by atoms with Crippen LogP contribution in [0.3, 0.4) is 0 Å². The first-order valence-electron chi connectivity index (χ1n) is 9.70. The number of nitrogens with zero attached hydrogens (tertiary/aromatic N) is 1. The molecule has 0 atom stereocenters. The van der Waals surface area contributed by atoms with Gasteiger partial charge in [-0.15, -0.1) is 11.3 Å². The Bertz CT molecular complexity index is 1210. The second-order valence-electron chi connectivity index (χ2n) is 6.91. The molecule has 0 unspecified atom stereocenters. The molecule has 8 nitrogen and oxygen atoms in total. The summed E-state index contributed by atoms with van der Waals surface area (Å²) in [5.74, 6) is -0.126. The maximum atomic E-state index is 12.2. The van der Waals surface area contributed by atoms with Crippen molar-refractivity contribution in [2.75, 3.05) is 17.6 Å². The fourth-order valence-electron chi connectivity index (χ4n) is 2.71.